The third-order valence-corrected chi connectivity index (χ3v) is 8.40. The molecule has 1 aliphatic heterocycles. The Balaban J connectivity index is 1.60. The Hall–Kier alpha value is -3.21. The summed E-state index contributed by atoms with van der Waals surface area (Å²) in [6.45, 7) is 0.741. The SMILES string of the molecule is COc1cc(CN([C@H]2CCCCNC2=O)S(=O)(=O)c2ccc(F)c(Cl)c2)ccc1OCCc1ccccn1. The lowest BCUT2D eigenvalue weighted by molar-refractivity contribution is -0.124. The Bertz CT molecular complexity index is 1370. The molecule has 2 aromatic carbocycles. The van der Waals surface area contributed by atoms with Crippen molar-refractivity contribution in [3.05, 3.63) is 82.9 Å². The van der Waals surface area contributed by atoms with Gasteiger partial charge in [-0.2, -0.15) is 4.31 Å². The molecule has 202 valence electrons. The van der Waals surface area contributed by atoms with Gasteiger partial charge in [0.25, 0.3) is 0 Å². The van der Waals surface area contributed by atoms with Crippen molar-refractivity contribution in [3.8, 4) is 11.5 Å². The molecule has 1 atom stereocenters. The number of carbonyl (C=O) groups excluding carboxylic acids is 1. The number of sulfonamides is 1. The van der Waals surface area contributed by atoms with Crippen LogP contribution in [-0.2, 0) is 27.8 Å². The van der Waals surface area contributed by atoms with Crippen molar-refractivity contribution < 1.29 is 27.1 Å². The van der Waals surface area contributed by atoms with Gasteiger partial charge in [0.05, 0.1) is 23.6 Å². The lowest BCUT2D eigenvalue weighted by atomic mass is 10.1. The Morgan fingerprint density at radius 2 is 1.97 bits per heavy atom. The molecule has 0 saturated carbocycles. The molecule has 0 unspecified atom stereocenters. The molecule has 1 N–H and O–H groups in total. The molecule has 0 aliphatic carbocycles. The van der Waals surface area contributed by atoms with Crippen molar-refractivity contribution in [2.75, 3.05) is 20.3 Å². The Kier molecular flexibility index (Phi) is 9.19. The Morgan fingerprint density at radius 3 is 2.71 bits per heavy atom. The van der Waals surface area contributed by atoms with E-state index in [-0.39, 0.29) is 22.4 Å². The number of nitrogens with zero attached hydrogens (tertiary/aromatic N) is 2. The fraction of sp³-hybridized carbons (Fsp3) is 0.333. The van der Waals surface area contributed by atoms with Crippen LogP contribution in [0.25, 0.3) is 0 Å². The number of pyridine rings is 1. The molecule has 2 heterocycles. The summed E-state index contributed by atoms with van der Waals surface area (Å²) in [4.78, 5) is 17.0. The summed E-state index contributed by atoms with van der Waals surface area (Å²) in [6.07, 6.45) is 4.10. The molecule has 11 heteroatoms. The quantitative estimate of drug-likeness (QED) is 0.395. The molecule has 3 aromatic rings. The molecule has 1 saturated heterocycles. The van der Waals surface area contributed by atoms with Crippen LogP contribution in [0.5, 0.6) is 11.5 Å². The number of carbonyl (C=O) groups is 1. The number of amides is 1. The first kappa shape index (κ1) is 27.8. The van der Waals surface area contributed by atoms with Gasteiger partial charge in [0, 0.05) is 31.4 Å². The minimum atomic E-state index is -4.22. The monoisotopic (exact) mass is 561 g/mol. The Morgan fingerprint density at radius 1 is 1.13 bits per heavy atom. The van der Waals surface area contributed by atoms with Crippen LogP contribution in [0, 0.1) is 5.82 Å². The number of nitrogens with one attached hydrogen (secondary N) is 1. The van der Waals surface area contributed by atoms with E-state index in [1.165, 1.54) is 7.11 Å². The van der Waals surface area contributed by atoms with Crippen LogP contribution in [0.4, 0.5) is 4.39 Å². The summed E-state index contributed by atoms with van der Waals surface area (Å²) in [5, 5.41) is 2.48. The standard InChI is InChI=1S/C27H29ClFN3O5S/c1-36-26-16-19(8-11-25(26)37-15-12-20-6-2-4-13-30-20)18-32(24-7-3-5-14-31-27(24)33)38(34,35)21-9-10-23(29)22(28)17-21/h2,4,6,8-11,13,16-17,24H,3,5,7,12,14-15,18H2,1H3,(H,31,33)/t24-/m0/s1. The van der Waals surface area contributed by atoms with Gasteiger partial charge in [-0.1, -0.05) is 23.7 Å². The number of ether oxygens (including phenoxy) is 2. The van der Waals surface area contributed by atoms with Gasteiger partial charge in [-0.05, 0) is 67.3 Å². The average molecular weight is 562 g/mol. The fourth-order valence-electron chi connectivity index (χ4n) is 4.25. The van der Waals surface area contributed by atoms with Crippen LogP contribution in [0.3, 0.4) is 0 Å². The maximum Gasteiger partial charge on any atom is 0.244 e. The second-order valence-corrected chi connectivity index (χ2v) is 11.1. The molecule has 4 rings (SSSR count). The second-order valence-electron chi connectivity index (χ2n) is 8.83. The summed E-state index contributed by atoms with van der Waals surface area (Å²) >= 11 is 5.89. The molecule has 8 nitrogen and oxygen atoms in total. The number of hydrogen-bond acceptors (Lipinski definition) is 6. The van der Waals surface area contributed by atoms with E-state index in [1.54, 1.807) is 24.4 Å². The van der Waals surface area contributed by atoms with Crippen molar-refractivity contribution in [2.24, 2.45) is 0 Å². The van der Waals surface area contributed by atoms with Crippen molar-refractivity contribution in [1.82, 2.24) is 14.6 Å². The predicted octanol–water partition coefficient (Wildman–Crippen LogP) is 4.36. The second kappa shape index (κ2) is 12.6. The summed E-state index contributed by atoms with van der Waals surface area (Å²) < 4.78 is 53.8. The zero-order valence-corrected chi connectivity index (χ0v) is 22.5. The summed E-state index contributed by atoms with van der Waals surface area (Å²) in [5.74, 6) is -0.177. The fourth-order valence-corrected chi connectivity index (χ4v) is 6.13. The lowest BCUT2D eigenvalue weighted by Gasteiger charge is -2.29. The van der Waals surface area contributed by atoms with Crippen LogP contribution in [-0.4, -0.2) is 49.9 Å². The highest BCUT2D eigenvalue weighted by atomic mass is 35.5. The molecular weight excluding hydrogens is 533 g/mol. The van der Waals surface area contributed by atoms with E-state index < -0.39 is 21.9 Å². The average Bonchev–Trinajstić information content (AvgIpc) is 3.13. The number of hydrogen-bond donors (Lipinski definition) is 1. The van der Waals surface area contributed by atoms with Gasteiger partial charge in [0.2, 0.25) is 15.9 Å². The van der Waals surface area contributed by atoms with Crippen LogP contribution in [0.15, 0.2) is 65.7 Å². The van der Waals surface area contributed by atoms with Crippen molar-refractivity contribution in [3.63, 3.8) is 0 Å². The highest BCUT2D eigenvalue weighted by Gasteiger charge is 2.37. The normalized spacial score (nSPS) is 16.1. The molecule has 1 amide bonds. The maximum absolute atomic E-state index is 13.8. The molecule has 0 bridgehead atoms. The number of rotatable bonds is 10. The summed E-state index contributed by atoms with van der Waals surface area (Å²) in [5.41, 5.74) is 1.49. The molecule has 38 heavy (non-hydrogen) atoms. The van der Waals surface area contributed by atoms with Gasteiger partial charge < -0.3 is 14.8 Å². The van der Waals surface area contributed by atoms with E-state index in [0.29, 0.717) is 49.5 Å². The molecule has 0 spiro atoms. The topological polar surface area (TPSA) is 97.8 Å². The van der Waals surface area contributed by atoms with Gasteiger partial charge in [-0.15, -0.1) is 0 Å². The van der Waals surface area contributed by atoms with E-state index >= 15 is 0 Å². The van der Waals surface area contributed by atoms with E-state index in [4.69, 9.17) is 21.1 Å². The predicted molar refractivity (Wildman–Crippen MR) is 141 cm³/mol. The van der Waals surface area contributed by atoms with Gasteiger partial charge in [-0.25, -0.2) is 12.8 Å². The zero-order chi connectivity index (χ0) is 27.1. The lowest BCUT2D eigenvalue weighted by Crippen LogP contribution is -2.48. The molecule has 1 fully saturated rings. The zero-order valence-electron chi connectivity index (χ0n) is 20.9. The van der Waals surface area contributed by atoms with Crippen molar-refractivity contribution >= 4 is 27.5 Å². The van der Waals surface area contributed by atoms with Crippen LogP contribution >= 0.6 is 11.6 Å². The number of halogens is 2. The number of benzene rings is 2. The summed E-state index contributed by atoms with van der Waals surface area (Å²) in [7, 11) is -2.72. The number of methoxy groups -OCH3 is 1. The van der Waals surface area contributed by atoms with Crippen LogP contribution in [0.2, 0.25) is 5.02 Å². The largest absolute Gasteiger partial charge is 0.493 e. The van der Waals surface area contributed by atoms with E-state index in [0.717, 1.165) is 34.6 Å². The van der Waals surface area contributed by atoms with E-state index in [9.17, 15) is 17.6 Å². The van der Waals surface area contributed by atoms with E-state index in [1.807, 2.05) is 18.2 Å². The van der Waals surface area contributed by atoms with Crippen molar-refractivity contribution in [1.29, 1.82) is 0 Å². The van der Waals surface area contributed by atoms with Gasteiger partial charge in [0.15, 0.2) is 11.5 Å². The Labute approximate surface area is 226 Å². The highest BCUT2D eigenvalue weighted by molar-refractivity contribution is 7.89. The smallest absolute Gasteiger partial charge is 0.244 e. The first-order valence-corrected chi connectivity index (χ1v) is 14.1. The highest BCUT2D eigenvalue weighted by Crippen LogP contribution is 2.32. The first-order valence-electron chi connectivity index (χ1n) is 12.2. The maximum atomic E-state index is 13.8. The van der Waals surface area contributed by atoms with Crippen LogP contribution in [0.1, 0.15) is 30.5 Å². The molecule has 1 aromatic heterocycles. The van der Waals surface area contributed by atoms with Crippen molar-refractivity contribution in [2.45, 2.75) is 43.2 Å². The van der Waals surface area contributed by atoms with E-state index in [2.05, 4.69) is 10.3 Å². The van der Waals surface area contributed by atoms with Gasteiger partial charge in [-0.3, -0.25) is 9.78 Å². The number of aromatic nitrogens is 1. The minimum absolute atomic E-state index is 0.111. The third-order valence-electron chi connectivity index (χ3n) is 6.26. The first-order chi connectivity index (χ1) is 18.3. The molecule has 1 aliphatic rings. The van der Waals surface area contributed by atoms with Gasteiger partial charge >= 0.3 is 0 Å². The minimum Gasteiger partial charge on any atom is -0.493 e. The summed E-state index contributed by atoms with van der Waals surface area (Å²) in [6, 6.07) is 13.1. The third kappa shape index (κ3) is 6.61. The molecular formula is C27H29ClFN3O5S. The van der Waals surface area contributed by atoms with Crippen LogP contribution < -0.4 is 14.8 Å². The van der Waals surface area contributed by atoms with Gasteiger partial charge in [0.1, 0.15) is 11.9 Å². The molecule has 0 radical (unpaired) electrons.